The SMILES string of the molecule is COc1cc(-c2ccc(N)cc2Cl)c(F)cn1. The zero-order chi connectivity index (χ0) is 12.4. The largest absolute Gasteiger partial charge is 0.481 e. The first-order chi connectivity index (χ1) is 8.11. The average molecular weight is 253 g/mol. The third-order valence-electron chi connectivity index (χ3n) is 2.32. The molecule has 2 N–H and O–H groups in total. The van der Waals surface area contributed by atoms with Gasteiger partial charge in [-0.2, -0.15) is 0 Å². The van der Waals surface area contributed by atoms with Gasteiger partial charge in [0.1, 0.15) is 5.82 Å². The van der Waals surface area contributed by atoms with Crippen LogP contribution >= 0.6 is 11.6 Å². The molecule has 88 valence electrons. The quantitative estimate of drug-likeness (QED) is 0.836. The summed E-state index contributed by atoms with van der Waals surface area (Å²) in [6.07, 6.45) is 1.10. The second-order valence-corrected chi connectivity index (χ2v) is 3.85. The summed E-state index contributed by atoms with van der Waals surface area (Å²) in [7, 11) is 1.47. The van der Waals surface area contributed by atoms with Crippen molar-refractivity contribution in [2.24, 2.45) is 0 Å². The standard InChI is InChI=1S/C12H10ClFN2O/c1-17-12-5-9(11(14)6-16-12)8-3-2-7(15)4-10(8)13/h2-6H,15H2,1H3. The molecule has 0 bridgehead atoms. The normalized spacial score (nSPS) is 10.3. The van der Waals surface area contributed by atoms with Crippen LogP contribution in [-0.4, -0.2) is 12.1 Å². The molecule has 0 aliphatic rings. The Kier molecular flexibility index (Phi) is 3.15. The van der Waals surface area contributed by atoms with Crippen LogP contribution in [0.2, 0.25) is 5.02 Å². The van der Waals surface area contributed by atoms with Crippen molar-refractivity contribution in [3.8, 4) is 17.0 Å². The summed E-state index contributed by atoms with van der Waals surface area (Å²) in [6.45, 7) is 0. The van der Waals surface area contributed by atoms with Crippen molar-refractivity contribution in [3.63, 3.8) is 0 Å². The Hall–Kier alpha value is -1.81. The van der Waals surface area contributed by atoms with Crippen LogP contribution in [0.4, 0.5) is 10.1 Å². The van der Waals surface area contributed by atoms with Crippen LogP contribution in [0.25, 0.3) is 11.1 Å². The van der Waals surface area contributed by atoms with Gasteiger partial charge < -0.3 is 10.5 Å². The Balaban J connectivity index is 2.59. The number of benzene rings is 1. The number of nitrogens with zero attached hydrogens (tertiary/aromatic N) is 1. The number of hydrogen-bond donors (Lipinski definition) is 1. The Labute approximate surface area is 103 Å². The molecule has 0 atom stereocenters. The van der Waals surface area contributed by atoms with E-state index in [1.807, 2.05) is 0 Å². The molecule has 2 aromatic rings. The first kappa shape index (κ1) is 11.7. The highest BCUT2D eigenvalue weighted by Crippen LogP contribution is 2.32. The van der Waals surface area contributed by atoms with E-state index in [1.165, 1.54) is 13.2 Å². The van der Waals surface area contributed by atoms with Crippen LogP contribution in [0.15, 0.2) is 30.5 Å². The zero-order valence-corrected chi connectivity index (χ0v) is 9.83. The maximum absolute atomic E-state index is 13.7. The molecule has 0 aliphatic heterocycles. The van der Waals surface area contributed by atoms with Crippen molar-refractivity contribution in [1.82, 2.24) is 4.98 Å². The number of rotatable bonds is 2. The molecule has 0 saturated heterocycles. The fourth-order valence-electron chi connectivity index (χ4n) is 1.49. The molecule has 1 heterocycles. The van der Waals surface area contributed by atoms with Crippen LogP contribution < -0.4 is 10.5 Å². The third kappa shape index (κ3) is 2.31. The van der Waals surface area contributed by atoms with Crippen LogP contribution in [0.1, 0.15) is 0 Å². The topological polar surface area (TPSA) is 48.1 Å². The van der Waals surface area contributed by atoms with E-state index in [0.29, 0.717) is 27.7 Å². The van der Waals surface area contributed by atoms with Gasteiger partial charge in [0.25, 0.3) is 0 Å². The summed E-state index contributed by atoms with van der Waals surface area (Å²) < 4.78 is 18.6. The maximum atomic E-state index is 13.7. The first-order valence-electron chi connectivity index (χ1n) is 4.86. The van der Waals surface area contributed by atoms with E-state index >= 15 is 0 Å². The lowest BCUT2D eigenvalue weighted by molar-refractivity contribution is 0.396. The molecule has 0 amide bonds. The summed E-state index contributed by atoms with van der Waals surface area (Å²) in [5.41, 5.74) is 7.00. The highest BCUT2D eigenvalue weighted by molar-refractivity contribution is 6.33. The van der Waals surface area contributed by atoms with Crippen molar-refractivity contribution in [3.05, 3.63) is 41.3 Å². The number of nitrogen functional groups attached to an aromatic ring is 1. The molecule has 0 unspecified atom stereocenters. The van der Waals surface area contributed by atoms with Gasteiger partial charge in [-0.3, -0.25) is 0 Å². The summed E-state index contributed by atoms with van der Waals surface area (Å²) in [4.78, 5) is 3.77. The summed E-state index contributed by atoms with van der Waals surface area (Å²) in [6, 6.07) is 6.39. The summed E-state index contributed by atoms with van der Waals surface area (Å²) in [5, 5.41) is 0.386. The van der Waals surface area contributed by atoms with Crippen LogP contribution in [0.3, 0.4) is 0 Å². The first-order valence-corrected chi connectivity index (χ1v) is 5.24. The molecule has 2 rings (SSSR count). The Morgan fingerprint density at radius 2 is 2.06 bits per heavy atom. The van der Waals surface area contributed by atoms with E-state index in [1.54, 1.807) is 18.2 Å². The fourth-order valence-corrected chi connectivity index (χ4v) is 1.78. The number of hydrogen-bond acceptors (Lipinski definition) is 3. The number of halogens is 2. The molecular weight excluding hydrogens is 243 g/mol. The molecule has 1 aromatic carbocycles. The summed E-state index contributed by atoms with van der Waals surface area (Å²) >= 11 is 6.02. The van der Waals surface area contributed by atoms with E-state index in [2.05, 4.69) is 4.98 Å². The molecular formula is C12H10ClFN2O. The van der Waals surface area contributed by atoms with Gasteiger partial charge in [0, 0.05) is 22.9 Å². The van der Waals surface area contributed by atoms with Crippen molar-refractivity contribution < 1.29 is 9.13 Å². The molecule has 1 aromatic heterocycles. The molecule has 0 spiro atoms. The smallest absolute Gasteiger partial charge is 0.213 e. The monoisotopic (exact) mass is 252 g/mol. The van der Waals surface area contributed by atoms with Gasteiger partial charge in [-0.1, -0.05) is 17.7 Å². The Bertz CT molecular complexity index is 560. The minimum atomic E-state index is -0.461. The van der Waals surface area contributed by atoms with Crippen molar-refractivity contribution in [1.29, 1.82) is 0 Å². The minimum absolute atomic E-state index is 0.328. The number of aromatic nitrogens is 1. The predicted molar refractivity (Wildman–Crippen MR) is 65.6 cm³/mol. The van der Waals surface area contributed by atoms with Crippen LogP contribution in [0.5, 0.6) is 5.88 Å². The third-order valence-corrected chi connectivity index (χ3v) is 2.64. The van der Waals surface area contributed by atoms with Gasteiger partial charge in [0.15, 0.2) is 0 Å². The molecule has 0 radical (unpaired) electrons. The van der Waals surface area contributed by atoms with E-state index in [0.717, 1.165) is 6.20 Å². The minimum Gasteiger partial charge on any atom is -0.481 e. The van der Waals surface area contributed by atoms with Crippen LogP contribution in [0, 0.1) is 5.82 Å². The van der Waals surface area contributed by atoms with Crippen molar-refractivity contribution in [2.75, 3.05) is 12.8 Å². The van der Waals surface area contributed by atoms with Crippen molar-refractivity contribution >= 4 is 17.3 Å². The molecule has 0 saturated carbocycles. The summed E-state index contributed by atoms with van der Waals surface area (Å²) in [5.74, 6) is -0.133. The van der Waals surface area contributed by atoms with Gasteiger partial charge in [-0.15, -0.1) is 0 Å². The number of methoxy groups -OCH3 is 1. The molecule has 0 fully saturated rings. The highest BCUT2D eigenvalue weighted by atomic mass is 35.5. The van der Waals surface area contributed by atoms with Crippen molar-refractivity contribution in [2.45, 2.75) is 0 Å². The molecule has 0 aliphatic carbocycles. The lowest BCUT2D eigenvalue weighted by Crippen LogP contribution is -1.93. The van der Waals surface area contributed by atoms with Gasteiger partial charge >= 0.3 is 0 Å². The van der Waals surface area contributed by atoms with E-state index in [4.69, 9.17) is 22.1 Å². The number of anilines is 1. The second kappa shape index (κ2) is 4.59. The zero-order valence-electron chi connectivity index (χ0n) is 9.08. The number of pyridine rings is 1. The van der Waals surface area contributed by atoms with Gasteiger partial charge in [0.05, 0.1) is 18.3 Å². The van der Waals surface area contributed by atoms with Gasteiger partial charge in [-0.25, -0.2) is 9.37 Å². The van der Waals surface area contributed by atoms with E-state index in [9.17, 15) is 4.39 Å². The van der Waals surface area contributed by atoms with Gasteiger partial charge in [-0.05, 0) is 12.1 Å². The highest BCUT2D eigenvalue weighted by Gasteiger charge is 2.11. The van der Waals surface area contributed by atoms with E-state index in [-0.39, 0.29) is 0 Å². The number of ether oxygens (including phenoxy) is 1. The molecule has 3 nitrogen and oxygen atoms in total. The lowest BCUT2D eigenvalue weighted by Gasteiger charge is -2.08. The fraction of sp³-hybridized carbons (Fsp3) is 0.0833. The Morgan fingerprint density at radius 1 is 1.29 bits per heavy atom. The Morgan fingerprint density at radius 3 is 2.71 bits per heavy atom. The van der Waals surface area contributed by atoms with E-state index < -0.39 is 5.82 Å². The number of nitrogens with two attached hydrogens (primary N) is 1. The van der Waals surface area contributed by atoms with Crippen LogP contribution in [-0.2, 0) is 0 Å². The predicted octanol–water partition coefficient (Wildman–Crippen LogP) is 3.13. The molecule has 17 heavy (non-hydrogen) atoms. The lowest BCUT2D eigenvalue weighted by atomic mass is 10.1. The second-order valence-electron chi connectivity index (χ2n) is 3.45. The van der Waals surface area contributed by atoms with Gasteiger partial charge in [0.2, 0.25) is 5.88 Å². The maximum Gasteiger partial charge on any atom is 0.213 e. The average Bonchev–Trinajstić information content (AvgIpc) is 2.30. The molecule has 5 heteroatoms.